The SMILES string of the molecule is COc1ccc(C(=O)Nc2ccc(N3CCC(c4ccccc4OC)C3)cc2C(=O)O)cc1. The summed E-state index contributed by atoms with van der Waals surface area (Å²) in [5.41, 5.74) is 2.69. The van der Waals surface area contributed by atoms with Gasteiger partial charge in [-0.25, -0.2) is 4.79 Å². The fraction of sp³-hybridized carbons (Fsp3) is 0.231. The van der Waals surface area contributed by atoms with Crippen LogP contribution < -0.4 is 19.7 Å². The Balaban J connectivity index is 1.52. The number of carboxylic acid groups (broad SMARTS) is 1. The fourth-order valence-electron chi connectivity index (χ4n) is 4.20. The number of anilines is 2. The Labute approximate surface area is 192 Å². The van der Waals surface area contributed by atoms with E-state index in [4.69, 9.17) is 9.47 Å². The zero-order valence-electron chi connectivity index (χ0n) is 18.6. The van der Waals surface area contributed by atoms with Crippen LogP contribution in [0.15, 0.2) is 66.7 Å². The molecule has 0 bridgehead atoms. The second-order valence-corrected chi connectivity index (χ2v) is 7.89. The third kappa shape index (κ3) is 4.77. The third-order valence-corrected chi connectivity index (χ3v) is 5.97. The van der Waals surface area contributed by atoms with Crippen LogP contribution in [-0.2, 0) is 0 Å². The number of methoxy groups -OCH3 is 2. The molecule has 7 heteroatoms. The molecule has 3 aromatic rings. The van der Waals surface area contributed by atoms with E-state index in [1.807, 2.05) is 24.3 Å². The molecule has 1 unspecified atom stereocenters. The van der Waals surface area contributed by atoms with E-state index in [-0.39, 0.29) is 17.2 Å². The minimum Gasteiger partial charge on any atom is -0.497 e. The number of aromatic carboxylic acids is 1. The summed E-state index contributed by atoms with van der Waals surface area (Å²) in [7, 11) is 3.22. The molecular formula is C26H26N2O5. The number of nitrogens with one attached hydrogen (secondary N) is 1. The molecule has 7 nitrogen and oxygen atoms in total. The highest BCUT2D eigenvalue weighted by atomic mass is 16.5. The smallest absolute Gasteiger partial charge is 0.337 e. The molecule has 1 fully saturated rings. The molecule has 0 saturated carbocycles. The summed E-state index contributed by atoms with van der Waals surface area (Å²) in [6, 6.07) is 19.7. The lowest BCUT2D eigenvalue weighted by Gasteiger charge is -2.21. The van der Waals surface area contributed by atoms with Gasteiger partial charge in [-0.05, 0) is 60.5 Å². The molecule has 1 aliphatic heterocycles. The molecule has 1 saturated heterocycles. The average Bonchev–Trinajstić information content (AvgIpc) is 3.34. The summed E-state index contributed by atoms with van der Waals surface area (Å²) < 4.78 is 10.6. The number of para-hydroxylation sites is 1. The minimum atomic E-state index is -1.10. The van der Waals surface area contributed by atoms with E-state index in [1.165, 1.54) is 0 Å². The monoisotopic (exact) mass is 446 g/mol. The van der Waals surface area contributed by atoms with Gasteiger partial charge in [0.25, 0.3) is 5.91 Å². The van der Waals surface area contributed by atoms with Gasteiger partial charge in [0.05, 0.1) is 25.5 Å². The molecule has 0 aliphatic carbocycles. The van der Waals surface area contributed by atoms with Gasteiger partial charge in [0.15, 0.2) is 0 Å². The van der Waals surface area contributed by atoms with Crippen LogP contribution in [0.5, 0.6) is 11.5 Å². The predicted octanol–water partition coefficient (Wildman–Crippen LogP) is 4.65. The van der Waals surface area contributed by atoms with E-state index in [1.54, 1.807) is 50.6 Å². The number of hydrogen-bond donors (Lipinski definition) is 2. The Kier molecular flexibility index (Phi) is 6.49. The van der Waals surface area contributed by atoms with E-state index in [0.29, 0.717) is 17.2 Å². The maximum atomic E-state index is 12.6. The molecule has 1 heterocycles. The maximum Gasteiger partial charge on any atom is 0.337 e. The standard InChI is InChI=1S/C26H26N2O5/c1-32-20-10-7-17(8-11-20)25(29)27-23-12-9-19(15-22(23)26(30)31)28-14-13-18(16-28)21-5-3-4-6-24(21)33-2/h3-12,15,18H,13-14,16H2,1-2H3,(H,27,29)(H,30,31). The number of nitrogens with zero attached hydrogens (tertiary/aromatic N) is 1. The first-order chi connectivity index (χ1) is 16.0. The lowest BCUT2D eigenvalue weighted by atomic mass is 9.97. The van der Waals surface area contributed by atoms with Crippen LogP contribution in [0.2, 0.25) is 0 Å². The van der Waals surface area contributed by atoms with Gasteiger partial charge in [0.2, 0.25) is 0 Å². The van der Waals surface area contributed by atoms with Crippen molar-refractivity contribution in [1.82, 2.24) is 0 Å². The molecule has 0 spiro atoms. The van der Waals surface area contributed by atoms with Crippen LogP contribution in [0.3, 0.4) is 0 Å². The van der Waals surface area contributed by atoms with E-state index in [0.717, 1.165) is 36.5 Å². The van der Waals surface area contributed by atoms with E-state index >= 15 is 0 Å². The number of ether oxygens (including phenoxy) is 2. The van der Waals surface area contributed by atoms with Gasteiger partial charge in [-0.15, -0.1) is 0 Å². The van der Waals surface area contributed by atoms with Gasteiger partial charge in [0, 0.05) is 30.3 Å². The first kappa shape index (κ1) is 22.2. The van der Waals surface area contributed by atoms with E-state index in [2.05, 4.69) is 16.3 Å². The summed E-state index contributed by atoms with van der Waals surface area (Å²) in [5, 5.41) is 12.5. The summed E-state index contributed by atoms with van der Waals surface area (Å²) in [5.74, 6) is 0.322. The van der Waals surface area contributed by atoms with Gasteiger partial charge < -0.3 is 24.8 Å². The Morgan fingerprint density at radius 3 is 2.45 bits per heavy atom. The van der Waals surface area contributed by atoms with E-state index < -0.39 is 5.97 Å². The first-order valence-corrected chi connectivity index (χ1v) is 10.7. The number of rotatable bonds is 7. The zero-order valence-corrected chi connectivity index (χ0v) is 18.6. The van der Waals surface area contributed by atoms with Crippen LogP contribution >= 0.6 is 0 Å². The van der Waals surface area contributed by atoms with Crippen molar-refractivity contribution in [3.05, 3.63) is 83.4 Å². The third-order valence-electron chi connectivity index (χ3n) is 5.97. The number of carboxylic acids is 1. The molecule has 3 aromatic carbocycles. The van der Waals surface area contributed by atoms with Crippen molar-refractivity contribution in [2.24, 2.45) is 0 Å². The number of carbonyl (C=O) groups excluding carboxylic acids is 1. The highest BCUT2D eigenvalue weighted by Gasteiger charge is 2.27. The summed E-state index contributed by atoms with van der Waals surface area (Å²) in [6.07, 6.45) is 0.943. The van der Waals surface area contributed by atoms with Gasteiger partial charge in [-0.1, -0.05) is 18.2 Å². The molecule has 33 heavy (non-hydrogen) atoms. The molecule has 0 radical (unpaired) electrons. The maximum absolute atomic E-state index is 12.6. The number of benzene rings is 3. The van der Waals surface area contributed by atoms with Crippen LogP contribution in [-0.4, -0.2) is 44.3 Å². The van der Waals surface area contributed by atoms with Crippen molar-refractivity contribution < 1.29 is 24.2 Å². The Bertz CT molecular complexity index is 1160. The van der Waals surface area contributed by atoms with Crippen LogP contribution in [0, 0.1) is 0 Å². The quantitative estimate of drug-likeness (QED) is 0.549. The summed E-state index contributed by atoms with van der Waals surface area (Å²) >= 11 is 0. The van der Waals surface area contributed by atoms with Gasteiger partial charge in [-0.2, -0.15) is 0 Å². The molecule has 2 N–H and O–H groups in total. The average molecular weight is 447 g/mol. The second-order valence-electron chi connectivity index (χ2n) is 7.89. The Hall–Kier alpha value is -4.00. The first-order valence-electron chi connectivity index (χ1n) is 10.7. The predicted molar refractivity (Wildman–Crippen MR) is 127 cm³/mol. The molecule has 1 aliphatic rings. The lowest BCUT2D eigenvalue weighted by molar-refractivity contribution is 0.0698. The van der Waals surface area contributed by atoms with Gasteiger partial charge in [0.1, 0.15) is 11.5 Å². The lowest BCUT2D eigenvalue weighted by Crippen LogP contribution is -2.20. The molecule has 4 rings (SSSR count). The summed E-state index contributed by atoms with van der Waals surface area (Å²) in [4.78, 5) is 26.7. The summed E-state index contributed by atoms with van der Waals surface area (Å²) in [6.45, 7) is 1.57. The van der Waals surface area contributed by atoms with Crippen molar-refractivity contribution in [1.29, 1.82) is 0 Å². The van der Waals surface area contributed by atoms with E-state index in [9.17, 15) is 14.7 Å². The van der Waals surface area contributed by atoms with Crippen molar-refractivity contribution in [3.63, 3.8) is 0 Å². The molecule has 0 aromatic heterocycles. The number of amides is 1. The van der Waals surface area contributed by atoms with Crippen molar-refractivity contribution in [2.75, 3.05) is 37.5 Å². The number of hydrogen-bond acceptors (Lipinski definition) is 5. The highest BCUT2D eigenvalue weighted by Crippen LogP contribution is 2.36. The minimum absolute atomic E-state index is 0.0510. The van der Waals surface area contributed by atoms with Crippen LogP contribution in [0.4, 0.5) is 11.4 Å². The number of carbonyl (C=O) groups is 2. The molecular weight excluding hydrogens is 420 g/mol. The Morgan fingerprint density at radius 2 is 1.76 bits per heavy atom. The fourth-order valence-corrected chi connectivity index (χ4v) is 4.20. The topological polar surface area (TPSA) is 88.1 Å². The van der Waals surface area contributed by atoms with Crippen molar-refractivity contribution in [3.8, 4) is 11.5 Å². The van der Waals surface area contributed by atoms with Crippen LogP contribution in [0.1, 0.15) is 38.6 Å². The highest BCUT2D eigenvalue weighted by molar-refractivity contribution is 6.08. The largest absolute Gasteiger partial charge is 0.497 e. The van der Waals surface area contributed by atoms with Crippen LogP contribution in [0.25, 0.3) is 0 Å². The van der Waals surface area contributed by atoms with Crippen molar-refractivity contribution in [2.45, 2.75) is 12.3 Å². The molecule has 1 atom stereocenters. The van der Waals surface area contributed by atoms with Crippen molar-refractivity contribution >= 4 is 23.3 Å². The molecule has 170 valence electrons. The van der Waals surface area contributed by atoms with Gasteiger partial charge >= 0.3 is 5.97 Å². The zero-order chi connectivity index (χ0) is 23.4. The Morgan fingerprint density at radius 1 is 1.00 bits per heavy atom. The normalized spacial score (nSPS) is 15.2. The molecule has 1 amide bonds. The second kappa shape index (κ2) is 9.65. The van der Waals surface area contributed by atoms with Gasteiger partial charge in [-0.3, -0.25) is 4.79 Å².